The van der Waals surface area contributed by atoms with E-state index in [0.717, 1.165) is 18.6 Å². The predicted molar refractivity (Wildman–Crippen MR) is 57.4 cm³/mol. The van der Waals surface area contributed by atoms with Crippen molar-refractivity contribution in [3.05, 3.63) is 0 Å². The summed E-state index contributed by atoms with van der Waals surface area (Å²) in [4.78, 5) is 2.59. The van der Waals surface area contributed by atoms with Crippen molar-refractivity contribution in [1.82, 2.24) is 10.2 Å². The fourth-order valence-electron chi connectivity index (χ4n) is 2.75. The number of nitrogens with one attached hydrogen (secondary N) is 1. The molecule has 2 aliphatic rings. The van der Waals surface area contributed by atoms with E-state index in [1.807, 2.05) is 0 Å². The van der Waals surface area contributed by atoms with Crippen molar-refractivity contribution in [2.45, 2.75) is 25.3 Å². The van der Waals surface area contributed by atoms with Crippen LogP contribution >= 0.6 is 0 Å². The number of nitrogens with zero attached hydrogens (tertiary/aromatic N) is 1. The normalized spacial score (nSPS) is 33.2. The molecule has 2 rings (SSSR count). The lowest BCUT2D eigenvalue weighted by molar-refractivity contribution is 0.178. The van der Waals surface area contributed by atoms with Crippen LogP contribution in [0.3, 0.4) is 0 Å². The molecular weight excluding hydrogens is 176 g/mol. The standard InChI is InChI=1S/C11H22N2O/c1-14-7-3-6-13-8-10-4-2-5-12-11(10)9-13/h10-12H,2-9H2,1H3/t10-,11+/m0/s1. The first kappa shape index (κ1) is 10.4. The number of hydrogen-bond donors (Lipinski definition) is 1. The van der Waals surface area contributed by atoms with Crippen LogP contribution in [0.5, 0.6) is 0 Å². The van der Waals surface area contributed by atoms with Crippen molar-refractivity contribution in [1.29, 1.82) is 0 Å². The fourth-order valence-corrected chi connectivity index (χ4v) is 2.75. The Morgan fingerprint density at radius 3 is 3.14 bits per heavy atom. The molecule has 1 N–H and O–H groups in total. The maximum Gasteiger partial charge on any atom is 0.0474 e. The molecule has 2 aliphatic heterocycles. The Labute approximate surface area is 86.8 Å². The Morgan fingerprint density at radius 1 is 1.43 bits per heavy atom. The van der Waals surface area contributed by atoms with Gasteiger partial charge in [0.05, 0.1) is 0 Å². The van der Waals surface area contributed by atoms with Gasteiger partial charge in [-0.05, 0) is 31.7 Å². The zero-order valence-electron chi connectivity index (χ0n) is 9.17. The van der Waals surface area contributed by atoms with Gasteiger partial charge in [0.2, 0.25) is 0 Å². The molecule has 0 unspecified atom stereocenters. The molecule has 0 aromatic carbocycles. The monoisotopic (exact) mass is 198 g/mol. The molecule has 2 saturated heterocycles. The summed E-state index contributed by atoms with van der Waals surface area (Å²) < 4.78 is 5.08. The first-order valence-electron chi connectivity index (χ1n) is 5.85. The molecule has 2 fully saturated rings. The van der Waals surface area contributed by atoms with E-state index < -0.39 is 0 Å². The van der Waals surface area contributed by atoms with Crippen LogP contribution in [-0.2, 0) is 4.74 Å². The largest absolute Gasteiger partial charge is 0.385 e. The van der Waals surface area contributed by atoms with Gasteiger partial charge in [0.15, 0.2) is 0 Å². The van der Waals surface area contributed by atoms with Crippen molar-refractivity contribution < 1.29 is 4.74 Å². The molecule has 0 bridgehead atoms. The number of methoxy groups -OCH3 is 1. The second-order valence-electron chi connectivity index (χ2n) is 4.57. The molecule has 0 aliphatic carbocycles. The third-order valence-electron chi connectivity index (χ3n) is 3.50. The highest BCUT2D eigenvalue weighted by Crippen LogP contribution is 2.24. The third-order valence-corrected chi connectivity index (χ3v) is 3.50. The average molecular weight is 198 g/mol. The SMILES string of the molecule is COCCCN1C[C@@H]2CCCN[C@@H]2C1. The van der Waals surface area contributed by atoms with Crippen molar-refractivity contribution >= 4 is 0 Å². The molecule has 2 heterocycles. The minimum Gasteiger partial charge on any atom is -0.385 e. The molecule has 0 saturated carbocycles. The maximum atomic E-state index is 5.08. The van der Waals surface area contributed by atoms with Crippen LogP contribution in [0.2, 0.25) is 0 Å². The summed E-state index contributed by atoms with van der Waals surface area (Å²) >= 11 is 0. The van der Waals surface area contributed by atoms with Crippen LogP contribution in [-0.4, -0.2) is 50.8 Å². The van der Waals surface area contributed by atoms with E-state index in [9.17, 15) is 0 Å². The number of fused-ring (bicyclic) bond motifs is 1. The van der Waals surface area contributed by atoms with E-state index >= 15 is 0 Å². The second kappa shape index (κ2) is 5.10. The van der Waals surface area contributed by atoms with Crippen LogP contribution in [0.1, 0.15) is 19.3 Å². The van der Waals surface area contributed by atoms with Crippen molar-refractivity contribution in [3.63, 3.8) is 0 Å². The van der Waals surface area contributed by atoms with Crippen LogP contribution in [0, 0.1) is 5.92 Å². The molecular formula is C11H22N2O. The van der Waals surface area contributed by atoms with Gasteiger partial charge in [0.1, 0.15) is 0 Å². The molecule has 3 heteroatoms. The molecule has 0 spiro atoms. The van der Waals surface area contributed by atoms with Gasteiger partial charge in [-0.1, -0.05) is 0 Å². The highest BCUT2D eigenvalue weighted by molar-refractivity contribution is 4.91. The van der Waals surface area contributed by atoms with E-state index in [1.54, 1.807) is 7.11 Å². The topological polar surface area (TPSA) is 24.5 Å². The zero-order chi connectivity index (χ0) is 9.80. The van der Waals surface area contributed by atoms with Crippen LogP contribution in [0.15, 0.2) is 0 Å². The molecule has 0 amide bonds. The van der Waals surface area contributed by atoms with Crippen LogP contribution < -0.4 is 5.32 Å². The summed E-state index contributed by atoms with van der Waals surface area (Å²) in [6.45, 7) is 5.91. The summed E-state index contributed by atoms with van der Waals surface area (Å²) in [5.41, 5.74) is 0. The molecule has 0 aromatic heterocycles. The molecule has 14 heavy (non-hydrogen) atoms. The Bertz CT molecular complexity index is 161. The summed E-state index contributed by atoms with van der Waals surface area (Å²) in [7, 11) is 1.78. The van der Waals surface area contributed by atoms with Gasteiger partial charge in [0, 0.05) is 39.4 Å². The van der Waals surface area contributed by atoms with E-state index in [0.29, 0.717) is 0 Å². The first-order valence-corrected chi connectivity index (χ1v) is 5.85. The van der Waals surface area contributed by atoms with Gasteiger partial charge in [-0.15, -0.1) is 0 Å². The van der Waals surface area contributed by atoms with Gasteiger partial charge in [-0.3, -0.25) is 0 Å². The Kier molecular flexibility index (Phi) is 3.79. The van der Waals surface area contributed by atoms with Gasteiger partial charge in [-0.2, -0.15) is 0 Å². The minimum atomic E-state index is 0.784. The zero-order valence-corrected chi connectivity index (χ0v) is 9.17. The molecule has 2 atom stereocenters. The van der Waals surface area contributed by atoms with E-state index in [4.69, 9.17) is 4.74 Å². The lowest BCUT2D eigenvalue weighted by atomic mass is 9.94. The number of rotatable bonds is 4. The molecule has 3 nitrogen and oxygen atoms in total. The lowest BCUT2D eigenvalue weighted by Gasteiger charge is -2.24. The Hall–Kier alpha value is -0.120. The molecule has 0 aromatic rings. The van der Waals surface area contributed by atoms with Crippen molar-refractivity contribution in [2.24, 2.45) is 5.92 Å². The number of ether oxygens (including phenoxy) is 1. The predicted octanol–water partition coefficient (Wildman–Crippen LogP) is 0.707. The summed E-state index contributed by atoms with van der Waals surface area (Å²) in [6, 6.07) is 0.784. The Morgan fingerprint density at radius 2 is 2.36 bits per heavy atom. The van der Waals surface area contributed by atoms with Crippen molar-refractivity contribution in [2.75, 3.05) is 39.9 Å². The number of piperidine rings is 1. The second-order valence-corrected chi connectivity index (χ2v) is 4.57. The highest BCUT2D eigenvalue weighted by Gasteiger charge is 2.33. The average Bonchev–Trinajstić information content (AvgIpc) is 2.60. The molecule has 82 valence electrons. The van der Waals surface area contributed by atoms with Gasteiger partial charge in [0.25, 0.3) is 0 Å². The maximum absolute atomic E-state index is 5.08. The summed E-state index contributed by atoms with van der Waals surface area (Å²) in [6.07, 6.45) is 3.97. The minimum absolute atomic E-state index is 0.784. The van der Waals surface area contributed by atoms with Gasteiger partial charge in [-0.25, -0.2) is 0 Å². The number of hydrogen-bond acceptors (Lipinski definition) is 3. The number of likely N-dealkylation sites (tertiary alicyclic amines) is 1. The summed E-state index contributed by atoms with van der Waals surface area (Å²) in [5.74, 6) is 0.922. The third kappa shape index (κ3) is 2.47. The summed E-state index contributed by atoms with van der Waals surface area (Å²) in [5, 5.41) is 3.63. The Balaban J connectivity index is 1.70. The first-order chi connectivity index (χ1) is 6.90. The van der Waals surface area contributed by atoms with E-state index in [-0.39, 0.29) is 0 Å². The van der Waals surface area contributed by atoms with E-state index in [1.165, 1.54) is 45.4 Å². The van der Waals surface area contributed by atoms with Crippen LogP contribution in [0.25, 0.3) is 0 Å². The highest BCUT2D eigenvalue weighted by atomic mass is 16.5. The van der Waals surface area contributed by atoms with Crippen molar-refractivity contribution in [3.8, 4) is 0 Å². The quantitative estimate of drug-likeness (QED) is 0.673. The van der Waals surface area contributed by atoms with Crippen LogP contribution in [0.4, 0.5) is 0 Å². The van der Waals surface area contributed by atoms with Gasteiger partial charge < -0.3 is 15.0 Å². The van der Waals surface area contributed by atoms with Gasteiger partial charge >= 0.3 is 0 Å². The van der Waals surface area contributed by atoms with E-state index in [2.05, 4.69) is 10.2 Å². The lowest BCUT2D eigenvalue weighted by Crippen LogP contribution is -2.40. The fraction of sp³-hybridized carbons (Fsp3) is 1.00. The molecule has 0 radical (unpaired) electrons. The smallest absolute Gasteiger partial charge is 0.0474 e.